The van der Waals surface area contributed by atoms with Crippen LogP contribution in [0.2, 0.25) is 0 Å². The van der Waals surface area contributed by atoms with Crippen molar-refractivity contribution in [2.24, 2.45) is 0 Å². The molecule has 1 aliphatic heterocycles. The smallest absolute Gasteiger partial charge is 0.243 e. The molecule has 3 rings (SSSR count). The Morgan fingerprint density at radius 1 is 1.38 bits per heavy atom. The molecular formula is C15H17FN2O2S. The third-order valence-electron chi connectivity index (χ3n) is 3.68. The fourth-order valence-electron chi connectivity index (χ4n) is 2.28. The van der Waals surface area contributed by atoms with Crippen molar-refractivity contribution in [1.29, 1.82) is 0 Å². The van der Waals surface area contributed by atoms with E-state index in [4.69, 9.17) is 0 Å². The predicted molar refractivity (Wildman–Crippen MR) is 79.4 cm³/mol. The van der Waals surface area contributed by atoms with E-state index in [1.54, 1.807) is 18.2 Å². The summed E-state index contributed by atoms with van der Waals surface area (Å²) in [5.41, 5.74) is 0.533. The average Bonchev–Trinajstić information content (AvgIpc) is 3.27. The second-order valence-electron chi connectivity index (χ2n) is 5.46. The summed E-state index contributed by atoms with van der Waals surface area (Å²) < 4.78 is 13.6. The van der Waals surface area contributed by atoms with E-state index in [1.165, 1.54) is 17.8 Å². The first-order chi connectivity index (χ1) is 10.1. The lowest BCUT2D eigenvalue weighted by molar-refractivity contribution is -0.128. The first-order valence-corrected chi connectivity index (χ1v) is 8.14. The van der Waals surface area contributed by atoms with Gasteiger partial charge in [-0.15, -0.1) is 11.8 Å². The van der Waals surface area contributed by atoms with Gasteiger partial charge in [0.2, 0.25) is 11.8 Å². The molecule has 21 heavy (non-hydrogen) atoms. The lowest BCUT2D eigenvalue weighted by atomic mass is 10.1. The number of halogens is 1. The molecule has 0 unspecified atom stereocenters. The number of carbonyl (C=O) groups is 2. The Bertz CT molecular complexity index is 562. The van der Waals surface area contributed by atoms with Crippen molar-refractivity contribution < 1.29 is 14.0 Å². The minimum atomic E-state index is -0.472. The highest BCUT2D eigenvalue weighted by Gasteiger charge is 2.34. The fraction of sp³-hybridized carbons (Fsp3) is 0.467. The number of amides is 2. The summed E-state index contributed by atoms with van der Waals surface area (Å²) in [7, 11) is 0. The molecule has 2 amide bonds. The molecule has 0 bridgehead atoms. The van der Waals surface area contributed by atoms with Crippen LogP contribution in [0.15, 0.2) is 24.3 Å². The van der Waals surface area contributed by atoms with Gasteiger partial charge in [0.25, 0.3) is 0 Å². The number of hydrogen-bond donors (Lipinski definition) is 2. The Labute approximate surface area is 126 Å². The maximum atomic E-state index is 13.6. The molecule has 2 N–H and O–H groups in total. The molecule has 1 heterocycles. The average molecular weight is 308 g/mol. The monoisotopic (exact) mass is 308 g/mol. The van der Waals surface area contributed by atoms with Crippen molar-refractivity contribution in [3.05, 3.63) is 35.6 Å². The van der Waals surface area contributed by atoms with Crippen LogP contribution < -0.4 is 10.6 Å². The maximum absolute atomic E-state index is 13.6. The van der Waals surface area contributed by atoms with Crippen molar-refractivity contribution in [3.63, 3.8) is 0 Å². The molecule has 1 saturated carbocycles. The zero-order valence-corrected chi connectivity index (χ0v) is 12.3. The van der Waals surface area contributed by atoms with Crippen LogP contribution in [-0.4, -0.2) is 34.9 Å². The highest BCUT2D eigenvalue weighted by molar-refractivity contribution is 8.00. The van der Waals surface area contributed by atoms with E-state index in [1.807, 2.05) is 0 Å². The summed E-state index contributed by atoms with van der Waals surface area (Å²) in [6, 6.07) is 6.29. The molecule has 1 aromatic carbocycles. The van der Waals surface area contributed by atoms with Crippen molar-refractivity contribution in [2.75, 3.05) is 5.75 Å². The van der Waals surface area contributed by atoms with Crippen LogP contribution in [-0.2, 0) is 16.0 Å². The van der Waals surface area contributed by atoms with Gasteiger partial charge in [-0.3, -0.25) is 9.59 Å². The number of benzene rings is 1. The van der Waals surface area contributed by atoms with Gasteiger partial charge >= 0.3 is 0 Å². The van der Waals surface area contributed by atoms with Gasteiger partial charge in [0, 0.05) is 11.8 Å². The molecule has 2 atom stereocenters. The van der Waals surface area contributed by atoms with Crippen LogP contribution in [0.3, 0.4) is 0 Å². The van der Waals surface area contributed by atoms with Crippen LogP contribution in [0.25, 0.3) is 0 Å². The molecular weight excluding hydrogens is 291 g/mol. The van der Waals surface area contributed by atoms with Crippen LogP contribution in [0, 0.1) is 5.82 Å². The molecule has 2 aliphatic rings. The van der Waals surface area contributed by atoms with Crippen molar-refractivity contribution >= 4 is 23.6 Å². The normalized spacial score (nSPS) is 25.3. The molecule has 1 aliphatic carbocycles. The molecule has 4 nitrogen and oxygen atoms in total. The topological polar surface area (TPSA) is 58.2 Å². The summed E-state index contributed by atoms with van der Waals surface area (Å²) in [5.74, 6) is -0.0590. The standard InChI is InChI=1S/C15H17FN2O2S/c16-11-4-2-1-3-9(11)7-13-15(20)18-12(8-21-13)14(19)17-10-5-6-10/h1-4,10,12-13H,5-8H2,(H,17,19)(H,18,20)/t12-,13+/m0/s1. The largest absolute Gasteiger partial charge is 0.352 e. The van der Waals surface area contributed by atoms with E-state index in [0.717, 1.165) is 12.8 Å². The molecule has 0 aromatic heterocycles. The molecule has 0 spiro atoms. The third kappa shape index (κ3) is 3.56. The quantitative estimate of drug-likeness (QED) is 0.880. The molecule has 112 valence electrons. The minimum absolute atomic E-state index is 0.109. The van der Waals surface area contributed by atoms with E-state index in [0.29, 0.717) is 17.7 Å². The van der Waals surface area contributed by atoms with E-state index in [9.17, 15) is 14.0 Å². The summed E-state index contributed by atoms with van der Waals surface area (Å²) in [6.45, 7) is 0. The van der Waals surface area contributed by atoms with Gasteiger partial charge < -0.3 is 10.6 Å². The Hall–Kier alpha value is -1.56. The number of nitrogens with one attached hydrogen (secondary N) is 2. The summed E-state index contributed by atoms with van der Waals surface area (Å²) in [6.07, 6.45) is 2.39. The van der Waals surface area contributed by atoms with E-state index >= 15 is 0 Å². The molecule has 2 fully saturated rings. The predicted octanol–water partition coefficient (Wildman–Crippen LogP) is 1.25. The highest BCUT2D eigenvalue weighted by Crippen LogP contribution is 2.24. The second kappa shape index (κ2) is 6.05. The molecule has 1 saturated heterocycles. The van der Waals surface area contributed by atoms with Gasteiger partial charge in [-0.1, -0.05) is 18.2 Å². The van der Waals surface area contributed by atoms with E-state index in [-0.39, 0.29) is 28.9 Å². The van der Waals surface area contributed by atoms with E-state index < -0.39 is 6.04 Å². The zero-order chi connectivity index (χ0) is 14.8. The van der Waals surface area contributed by atoms with Crippen LogP contribution in [0.4, 0.5) is 4.39 Å². The fourth-order valence-corrected chi connectivity index (χ4v) is 3.46. The number of hydrogen-bond acceptors (Lipinski definition) is 3. The number of rotatable bonds is 4. The van der Waals surface area contributed by atoms with Gasteiger partial charge in [-0.25, -0.2) is 4.39 Å². The van der Waals surface area contributed by atoms with Gasteiger partial charge in [-0.05, 0) is 30.9 Å². The SMILES string of the molecule is O=C(NC1CC1)[C@@H]1CS[C@H](Cc2ccccc2F)C(=O)N1. The maximum Gasteiger partial charge on any atom is 0.243 e. The number of carbonyl (C=O) groups excluding carboxylic acids is 2. The minimum Gasteiger partial charge on any atom is -0.352 e. The van der Waals surface area contributed by atoms with Crippen molar-refractivity contribution in [3.8, 4) is 0 Å². The van der Waals surface area contributed by atoms with Crippen molar-refractivity contribution in [2.45, 2.75) is 36.6 Å². The Kier molecular flexibility index (Phi) is 4.14. The number of thioether (sulfide) groups is 1. The lowest BCUT2D eigenvalue weighted by Crippen LogP contribution is -2.54. The van der Waals surface area contributed by atoms with Crippen LogP contribution >= 0.6 is 11.8 Å². The summed E-state index contributed by atoms with van der Waals surface area (Å²) >= 11 is 1.42. The first kappa shape index (κ1) is 14.4. The van der Waals surface area contributed by atoms with Crippen molar-refractivity contribution in [1.82, 2.24) is 10.6 Å². The zero-order valence-electron chi connectivity index (χ0n) is 11.5. The van der Waals surface area contributed by atoms with Gasteiger partial charge in [-0.2, -0.15) is 0 Å². The Morgan fingerprint density at radius 3 is 2.81 bits per heavy atom. The highest BCUT2D eigenvalue weighted by atomic mass is 32.2. The van der Waals surface area contributed by atoms with Gasteiger partial charge in [0.05, 0.1) is 5.25 Å². The van der Waals surface area contributed by atoms with Crippen LogP contribution in [0.1, 0.15) is 18.4 Å². The molecule has 6 heteroatoms. The Morgan fingerprint density at radius 2 is 2.14 bits per heavy atom. The Balaban J connectivity index is 1.57. The summed E-state index contributed by atoms with van der Waals surface area (Å²) in [4.78, 5) is 24.0. The van der Waals surface area contributed by atoms with Gasteiger partial charge in [0.15, 0.2) is 0 Å². The lowest BCUT2D eigenvalue weighted by Gasteiger charge is -2.28. The summed E-state index contributed by atoms with van der Waals surface area (Å²) in [5, 5.41) is 5.29. The van der Waals surface area contributed by atoms with Gasteiger partial charge in [0.1, 0.15) is 11.9 Å². The third-order valence-corrected chi connectivity index (χ3v) is 4.99. The second-order valence-corrected chi connectivity index (χ2v) is 6.70. The first-order valence-electron chi connectivity index (χ1n) is 7.09. The molecule has 1 aromatic rings. The molecule has 0 radical (unpaired) electrons. The van der Waals surface area contributed by atoms with Crippen LogP contribution in [0.5, 0.6) is 0 Å². The van der Waals surface area contributed by atoms with E-state index in [2.05, 4.69) is 10.6 Å².